The number of amides is 1. The molecule has 8 heteroatoms. The van der Waals surface area contributed by atoms with Crippen LogP contribution in [0.1, 0.15) is 44.9 Å². The van der Waals surface area contributed by atoms with Gasteiger partial charge in [-0.1, -0.05) is 12.8 Å². The summed E-state index contributed by atoms with van der Waals surface area (Å²) < 4.78 is 26.5. The summed E-state index contributed by atoms with van der Waals surface area (Å²) in [4.78, 5) is 12.0. The highest BCUT2D eigenvalue weighted by molar-refractivity contribution is 7.89. The molecule has 2 aliphatic heterocycles. The zero-order valence-corrected chi connectivity index (χ0v) is 15.8. The average Bonchev–Trinajstić information content (AvgIpc) is 3.22. The number of carbonyl (C=O) groups is 1. The monoisotopic (exact) mass is 379 g/mol. The van der Waals surface area contributed by atoms with Gasteiger partial charge in [0.25, 0.3) is 0 Å². The first-order chi connectivity index (χ1) is 11.0. The highest BCUT2D eigenvalue weighted by Crippen LogP contribution is 2.33. The smallest absolute Gasteiger partial charge is 0.237 e. The molecular weight excluding hydrogens is 350 g/mol. The Morgan fingerprint density at radius 1 is 1.12 bits per heavy atom. The molecule has 1 aliphatic carbocycles. The molecule has 2 N–H and O–H groups in total. The van der Waals surface area contributed by atoms with E-state index in [0.717, 1.165) is 38.6 Å². The summed E-state index contributed by atoms with van der Waals surface area (Å²) >= 11 is 0. The van der Waals surface area contributed by atoms with Gasteiger partial charge in [-0.05, 0) is 50.5 Å². The van der Waals surface area contributed by atoms with Gasteiger partial charge < -0.3 is 10.6 Å². The molecular formula is C16H30ClN3O3S. The van der Waals surface area contributed by atoms with Crippen molar-refractivity contribution in [3.8, 4) is 0 Å². The van der Waals surface area contributed by atoms with E-state index in [4.69, 9.17) is 0 Å². The zero-order valence-electron chi connectivity index (χ0n) is 14.2. The molecule has 3 fully saturated rings. The van der Waals surface area contributed by atoms with Crippen LogP contribution in [0.25, 0.3) is 0 Å². The summed E-state index contributed by atoms with van der Waals surface area (Å²) in [6, 6.07) is -0.0584. The molecule has 3 aliphatic rings. The van der Waals surface area contributed by atoms with Gasteiger partial charge in [0.15, 0.2) is 0 Å². The van der Waals surface area contributed by atoms with Gasteiger partial charge in [0.05, 0.1) is 11.8 Å². The van der Waals surface area contributed by atoms with Crippen molar-refractivity contribution >= 4 is 28.3 Å². The van der Waals surface area contributed by atoms with Crippen LogP contribution in [0, 0.1) is 11.8 Å². The molecule has 2 saturated heterocycles. The predicted octanol–water partition coefficient (Wildman–Crippen LogP) is 1.12. The van der Waals surface area contributed by atoms with Crippen molar-refractivity contribution in [3.05, 3.63) is 0 Å². The van der Waals surface area contributed by atoms with Gasteiger partial charge in [0, 0.05) is 19.6 Å². The topological polar surface area (TPSA) is 78.5 Å². The Labute approximate surface area is 151 Å². The van der Waals surface area contributed by atoms with E-state index < -0.39 is 10.0 Å². The normalized spacial score (nSPS) is 28.3. The van der Waals surface area contributed by atoms with Crippen LogP contribution in [0.3, 0.4) is 0 Å². The Kier molecular flexibility index (Phi) is 7.34. The summed E-state index contributed by atoms with van der Waals surface area (Å²) in [6.45, 7) is 2.70. The minimum Gasteiger partial charge on any atom is -0.354 e. The maximum Gasteiger partial charge on any atom is 0.237 e. The number of hydrogen-bond donors (Lipinski definition) is 2. The predicted molar refractivity (Wildman–Crippen MR) is 96.7 cm³/mol. The van der Waals surface area contributed by atoms with E-state index >= 15 is 0 Å². The summed E-state index contributed by atoms with van der Waals surface area (Å²) in [5.41, 5.74) is 0. The van der Waals surface area contributed by atoms with Crippen LogP contribution < -0.4 is 10.6 Å². The second-order valence-corrected chi connectivity index (χ2v) is 9.40. The fourth-order valence-corrected chi connectivity index (χ4v) is 5.31. The van der Waals surface area contributed by atoms with Crippen molar-refractivity contribution < 1.29 is 13.2 Å². The maximum atomic E-state index is 12.4. The van der Waals surface area contributed by atoms with Crippen molar-refractivity contribution in [2.45, 2.75) is 51.0 Å². The first kappa shape index (κ1) is 19.9. The molecule has 2 heterocycles. The molecule has 0 spiro atoms. The van der Waals surface area contributed by atoms with Crippen molar-refractivity contribution in [1.82, 2.24) is 14.9 Å². The van der Waals surface area contributed by atoms with E-state index in [9.17, 15) is 13.2 Å². The molecule has 24 heavy (non-hydrogen) atoms. The molecule has 0 aromatic rings. The van der Waals surface area contributed by atoms with Crippen LogP contribution in [0.5, 0.6) is 0 Å². The highest BCUT2D eigenvalue weighted by Gasteiger charge is 2.31. The van der Waals surface area contributed by atoms with E-state index in [1.54, 1.807) is 4.31 Å². The number of nitrogens with one attached hydrogen (secondary N) is 2. The SMILES string of the molecule is Cl.O=C(NCC1CCCN(S(=O)(=O)CCC2CC2)C1)C1CCCN1. The first-order valence-corrected chi connectivity index (χ1v) is 10.6. The molecule has 1 amide bonds. The van der Waals surface area contributed by atoms with Crippen LogP contribution in [-0.4, -0.2) is 56.6 Å². The van der Waals surface area contributed by atoms with Crippen LogP contribution in [0.4, 0.5) is 0 Å². The molecule has 0 radical (unpaired) electrons. The minimum atomic E-state index is -3.12. The van der Waals surface area contributed by atoms with Crippen molar-refractivity contribution in [3.63, 3.8) is 0 Å². The van der Waals surface area contributed by atoms with E-state index in [1.807, 2.05) is 0 Å². The number of sulfonamides is 1. The van der Waals surface area contributed by atoms with Crippen LogP contribution in [0.2, 0.25) is 0 Å². The summed E-state index contributed by atoms with van der Waals surface area (Å²) in [5.74, 6) is 1.24. The van der Waals surface area contributed by atoms with Gasteiger partial charge in [-0.15, -0.1) is 12.4 Å². The summed E-state index contributed by atoms with van der Waals surface area (Å²) in [6.07, 6.45) is 7.04. The Morgan fingerprint density at radius 3 is 2.58 bits per heavy atom. The fraction of sp³-hybridized carbons (Fsp3) is 0.938. The lowest BCUT2D eigenvalue weighted by Crippen LogP contribution is -2.47. The van der Waals surface area contributed by atoms with Crippen molar-refractivity contribution in [1.29, 1.82) is 0 Å². The molecule has 6 nitrogen and oxygen atoms in total. The van der Waals surface area contributed by atoms with Crippen molar-refractivity contribution in [2.24, 2.45) is 11.8 Å². The van der Waals surface area contributed by atoms with Crippen LogP contribution in [-0.2, 0) is 14.8 Å². The molecule has 0 aromatic heterocycles. The van der Waals surface area contributed by atoms with E-state index in [1.165, 1.54) is 12.8 Å². The van der Waals surface area contributed by atoms with E-state index in [0.29, 0.717) is 31.3 Å². The number of rotatable bonds is 7. The minimum absolute atomic E-state index is 0. The largest absolute Gasteiger partial charge is 0.354 e. The Balaban J connectivity index is 0.00000208. The number of carbonyl (C=O) groups excluding carboxylic acids is 1. The lowest BCUT2D eigenvalue weighted by molar-refractivity contribution is -0.123. The summed E-state index contributed by atoms with van der Waals surface area (Å²) in [5, 5.41) is 6.20. The van der Waals surface area contributed by atoms with Gasteiger partial charge in [-0.25, -0.2) is 12.7 Å². The Morgan fingerprint density at radius 2 is 1.92 bits per heavy atom. The van der Waals surface area contributed by atoms with Gasteiger partial charge in [0.2, 0.25) is 15.9 Å². The third-order valence-electron chi connectivity index (χ3n) is 5.30. The van der Waals surface area contributed by atoms with Gasteiger partial charge in [-0.3, -0.25) is 4.79 Å². The standard InChI is InChI=1S/C16H29N3O3S.ClH/c20-16(15-4-1-8-17-15)18-11-14-3-2-9-19(12-14)23(21,22)10-7-13-5-6-13;/h13-15,17H,1-12H2,(H,18,20);1H. The number of hydrogen-bond acceptors (Lipinski definition) is 4. The molecule has 0 aromatic carbocycles. The lowest BCUT2D eigenvalue weighted by atomic mass is 9.99. The quantitative estimate of drug-likeness (QED) is 0.694. The van der Waals surface area contributed by atoms with Crippen molar-refractivity contribution in [2.75, 3.05) is 31.9 Å². The van der Waals surface area contributed by atoms with E-state index in [-0.39, 0.29) is 30.3 Å². The van der Waals surface area contributed by atoms with E-state index in [2.05, 4.69) is 10.6 Å². The molecule has 3 rings (SSSR count). The lowest BCUT2D eigenvalue weighted by Gasteiger charge is -2.32. The Bertz CT molecular complexity index is 519. The molecule has 140 valence electrons. The first-order valence-electron chi connectivity index (χ1n) is 9.03. The van der Waals surface area contributed by atoms with Gasteiger partial charge >= 0.3 is 0 Å². The van der Waals surface area contributed by atoms with Gasteiger partial charge in [0.1, 0.15) is 0 Å². The van der Waals surface area contributed by atoms with Crippen LogP contribution in [0.15, 0.2) is 0 Å². The number of piperidine rings is 1. The fourth-order valence-electron chi connectivity index (χ4n) is 3.57. The number of halogens is 1. The third kappa shape index (κ3) is 5.58. The number of nitrogens with zero attached hydrogens (tertiary/aromatic N) is 1. The summed E-state index contributed by atoms with van der Waals surface area (Å²) in [7, 11) is -3.12. The second kappa shape index (κ2) is 8.83. The molecule has 2 unspecified atom stereocenters. The second-order valence-electron chi connectivity index (χ2n) is 7.31. The zero-order chi connectivity index (χ0) is 16.3. The van der Waals surface area contributed by atoms with Gasteiger partial charge in [-0.2, -0.15) is 0 Å². The average molecular weight is 380 g/mol. The third-order valence-corrected chi connectivity index (χ3v) is 7.17. The molecule has 0 bridgehead atoms. The Hall–Kier alpha value is -0.370. The maximum absolute atomic E-state index is 12.4. The highest BCUT2D eigenvalue weighted by atomic mass is 35.5. The van der Waals surface area contributed by atoms with Crippen LogP contribution >= 0.6 is 12.4 Å². The molecule has 2 atom stereocenters. The molecule has 1 saturated carbocycles.